The molecule has 2 aromatic rings. The van der Waals surface area contributed by atoms with Gasteiger partial charge < -0.3 is 10.4 Å². The molecule has 1 fully saturated rings. The molecule has 1 saturated carbocycles. The zero-order valence-corrected chi connectivity index (χ0v) is 12.3. The minimum Gasteiger partial charge on any atom is -0.393 e. The molecule has 4 heteroatoms. The lowest BCUT2D eigenvalue weighted by Gasteiger charge is -2.09. The first-order valence-corrected chi connectivity index (χ1v) is 7.73. The molecule has 21 heavy (non-hydrogen) atoms. The lowest BCUT2D eigenvalue weighted by atomic mass is 10.1. The zero-order chi connectivity index (χ0) is 14.5. The van der Waals surface area contributed by atoms with Gasteiger partial charge in [0.25, 0.3) is 0 Å². The quantitative estimate of drug-likeness (QED) is 0.855. The van der Waals surface area contributed by atoms with Crippen LogP contribution in [0.5, 0.6) is 0 Å². The molecule has 0 saturated heterocycles. The van der Waals surface area contributed by atoms with Crippen molar-refractivity contribution >= 4 is 0 Å². The van der Waals surface area contributed by atoms with E-state index in [-0.39, 0.29) is 6.10 Å². The molecule has 1 aliphatic carbocycles. The Morgan fingerprint density at radius 3 is 2.81 bits per heavy atom. The summed E-state index contributed by atoms with van der Waals surface area (Å²) in [6.45, 7) is 2.65. The highest BCUT2D eigenvalue weighted by Gasteiger charge is 2.21. The van der Waals surface area contributed by atoms with Gasteiger partial charge in [-0.25, -0.2) is 0 Å². The Bertz CT molecular complexity index is 552. The predicted octanol–water partition coefficient (Wildman–Crippen LogP) is 2.18. The SMILES string of the molecule is OC1CCC(CNCc2cnn(Cc3ccccc3)c2)C1. The van der Waals surface area contributed by atoms with Crippen molar-refractivity contribution in [1.82, 2.24) is 15.1 Å². The molecule has 2 atom stereocenters. The van der Waals surface area contributed by atoms with Gasteiger partial charge in [0.2, 0.25) is 0 Å². The van der Waals surface area contributed by atoms with Crippen molar-refractivity contribution in [3.8, 4) is 0 Å². The Hall–Kier alpha value is -1.65. The van der Waals surface area contributed by atoms with Gasteiger partial charge in [0.15, 0.2) is 0 Å². The summed E-state index contributed by atoms with van der Waals surface area (Å²) < 4.78 is 1.98. The Kier molecular flexibility index (Phi) is 4.68. The van der Waals surface area contributed by atoms with Crippen molar-refractivity contribution in [2.45, 2.75) is 38.5 Å². The van der Waals surface area contributed by atoms with Gasteiger partial charge in [0.05, 0.1) is 18.8 Å². The minimum absolute atomic E-state index is 0.0783. The molecule has 2 N–H and O–H groups in total. The van der Waals surface area contributed by atoms with E-state index in [4.69, 9.17) is 0 Å². The Morgan fingerprint density at radius 2 is 2.05 bits per heavy atom. The number of aliphatic hydroxyl groups excluding tert-OH is 1. The molecule has 112 valence electrons. The number of hydrogen-bond donors (Lipinski definition) is 2. The number of rotatable bonds is 6. The Labute approximate surface area is 125 Å². The lowest BCUT2D eigenvalue weighted by molar-refractivity contribution is 0.177. The van der Waals surface area contributed by atoms with Crippen LogP contribution in [0.15, 0.2) is 42.7 Å². The van der Waals surface area contributed by atoms with E-state index in [2.05, 4.69) is 40.9 Å². The highest BCUT2D eigenvalue weighted by atomic mass is 16.3. The third kappa shape index (κ3) is 4.16. The summed E-state index contributed by atoms with van der Waals surface area (Å²) in [5.41, 5.74) is 2.48. The van der Waals surface area contributed by atoms with Crippen molar-refractivity contribution in [2.75, 3.05) is 6.54 Å². The van der Waals surface area contributed by atoms with E-state index < -0.39 is 0 Å². The third-order valence-electron chi connectivity index (χ3n) is 4.15. The van der Waals surface area contributed by atoms with Crippen LogP contribution in [0.1, 0.15) is 30.4 Å². The number of benzene rings is 1. The maximum atomic E-state index is 9.52. The third-order valence-corrected chi connectivity index (χ3v) is 4.15. The van der Waals surface area contributed by atoms with Crippen molar-refractivity contribution in [3.05, 3.63) is 53.9 Å². The standard InChI is InChI=1S/C17H23N3O/c21-17-7-6-15(8-17)9-18-10-16-11-19-20(13-16)12-14-4-2-1-3-5-14/h1-5,11,13,15,17-18,21H,6-10,12H2. The van der Waals surface area contributed by atoms with Gasteiger partial charge in [-0.15, -0.1) is 0 Å². The maximum Gasteiger partial charge on any atom is 0.0659 e. The fourth-order valence-corrected chi connectivity index (χ4v) is 3.01. The molecule has 1 heterocycles. The van der Waals surface area contributed by atoms with Crippen LogP contribution in [0.3, 0.4) is 0 Å². The second kappa shape index (κ2) is 6.87. The smallest absolute Gasteiger partial charge is 0.0659 e. The summed E-state index contributed by atoms with van der Waals surface area (Å²) in [4.78, 5) is 0. The monoisotopic (exact) mass is 285 g/mol. The fraction of sp³-hybridized carbons (Fsp3) is 0.471. The van der Waals surface area contributed by atoms with E-state index in [0.29, 0.717) is 5.92 Å². The van der Waals surface area contributed by atoms with Gasteiger partial charge in [-0.2, -0.15) is 5.10 Å². The molecule has 1 aromatic carbocycles. The fourth-order valence-electron chi connectivity index (χ4n) is 3.01. The van der Waals surface area contributed by atoms with Crippen LogP contribution < -0.4 is 5.32 Å². The summed E-state index contributed by atoms with van der Waals surface area (Å²) in [6.07, 6.45) is 7.00. The Balaban J connectivity index is 1.44. The highest BCUT2D eigenvalue weighted by molar-refractivity contribution is 5.15. The predicted molar refractivity (Wildman–Crippen MR) is 82.8 cm³/mol. The summed E-state index contributed by atoms with van der Waals surface area (Å²) in [7, 11) is 0. The molecule has 0 radical (unpaired) electrons. The first-order chi connectivity index (χ1) is 10.3. The molecule has 0 aliphatic heterocycles. The second-order valence-corrected chi connectivity index (χ2v) is 6.00. The molecule has 1 aliphatic rings. The van der Waals surface area contributed by atoms with Crippen LogP contribution in [0.2, 0.25) is 0 Å². The summed E-state index contributed by atoms with van der Waals surface area (Å²) in [5, 5.41) is 17.4. The molecule has 3 rings (SSSR count). The normalized spacial score (nSPS) is 21.8. The van der Waals surface area contributed by atoms with Gasteiger partial charge in [-0.1, -0.05) is 30.3 Å². The lowest BCUT2D eigenvalue weighted by Crippen LogP contribution is -2.21. The topological polar surface area (TPSA) is 50.1 Å². The van der Waals surface area contributed by atoms with Gasteiger partial charge in [0.1, 0.15) is 0 Å². The number of aromatic nitrogens is 2. The van der Waals surface area contributed by atoms with Crippen molar-refractivity contribution < 1.29 is 5.11 Å². The minimum atomic E-state index is -0.0783. The number of hydrogen-bond acceptors (Lipinski definition) is 3. The van der Waals surface area contributed by atoms with Crippen LogP contribution >= 0.6 is 0 Å². The van der Waals surface area contributed by atoms with Crippen LogP contribution in [-0.2, 0) is 13.1 Å². The summed E-state index contributed by atoms with van der Waals surface area (Å²) >= 11 is 0. The Morgan fingerprint density at radius 1 is 1.19 bits per heavy atom. The van der Waals surface area contributed by atoms with Gasteiger partial charge in [0, 0.05) is 18.3 Å². The van der Waals surface area contributed by atoms with Crippen LogP contribution in [0.25, 0.3) is 0 Å². The highest BCUT2D eigenvalue weighted by Crippen LogP contribution is 2.24. The zero-order valence-electron chi connectivity index (χ0n) is 12.3. The van der Waals surface area contributed by atoms with E-state index in [1.807, 2.05) is 16.9 Å². The van der Waals surface area contributed by atoms with E-state index in [1.54, 1.807) is 0 Å². The van der Waals surface area contributed by atoms with Crippen molar-refractivity contribution in [1.29, 1.82) is 0 Å². The van der Waals surface area contributed by atoms with Gasteiger partial charge in [-0.05, 0) is 37.3 Å². The number of nitrogens with zero attached hydrogens (tertiary/aromatic N) is 2. The molecule has 1 aromatic heterocycles. The van der Waals surface area contributed by atoms with Crippen molar-refractivity contribution in [2.24, 2.45) is 5.92 Å². The van der Waals surface area contributed by atoms with Crippen LogP contribution in [-0.4, -0.2) is 27.5 Å². The molecule has 0 spiro atoms. The first-order valence-electron chi connectivity index (χ1n) is 7.73. The second-order valence-electron chi connectivity index (χ2n) is 6.00. The summed E-state index contributed by atoms with van der Waals surface area (Å²) in [6, 6.07) is 10.4. The molecule has 0 amide bonds. The summed E-state index contributed by atoms with van der Waals surface area (Å²) in [5.74, 6) is 0.624. The average molecular weight is 285 g/mol. The molecule has 0 bridgehead atoms. The van der Waals surface area contributed by atoms with E-state index in [0.717, 1.165) is 38.9 Å². The van der Waals surface area contributed by atoms with Gasteiger partial charge in [-0.3, -0.25) is 4.68 Å². The molecule has 2 unspecified atom stereocenters. The van der Waals surface area contributed by atoms with Crippen LogP contribution in [0, 0.1) is 5.92 Å². The van der Waals surface area contributed by atoms with E-state index in [9.17, 15) is 5.11 Å². The van der Waals surface area contributed by atoms with Crippen molar-refractivity contribution in [3.63, 3.8) is 0 Å². The molecular weight excluding hydrogens is 262 g/mol. The first kappa shape index (κ1) is 14.3. The number of aliphatic hydroxyl groups is 1. The maximum absolute atomic E-state index is 9.52. The van der Waals surface area contributed by atoms with E-state index >= 15 is 0 Å². The average Bonchev–Trinajstić information content (AvgIpc) is 3.10. The van der Waals surface area contributed by atoms with Crippen LogP contribution in [0.4, 0.5) is 0 Å². The van der Waals surface area contributed by atoms with E-state index in [1.165, 1.54) is 11.1 Å². The molecular formula is C17H23N3O. The largest absolute Gasteiger partial charge is 0.393 e. The molecule has 4 nitrogen and oxygen atoms in total. The number of nitrogens with one attached hydrogen (secondary N) is 1. The van der Waals surface area contributed by atoms with Gasteiger partial charge >= 0.3 is 0 Å².